The Morgan fingerprint density at radius 2 is 1.83 bits per heavy atom. The molecule has 0 amide bonds. The third-order valence-corrected chi connectivity index (χ3v) is 4.22. The predicted octanol–water partition coefficient (Wildman–Crippen LogP) is 5.05. The van der Waals surface area contributed by atoms with Crippen molar-refractivity contribution in [1.29, 1.82) is 0 Å². The molecule has 0 aliphatic heterocycles. The third kappa shape index (κ3) is 5.61. The molecule has 0 aliphatic carbocycles. The number of carbonyl (C=O) groups is 1. The van der Waals surface area contributed by atoms with Crippen molar-refractivity contribution in [2.45, 2.75) is 13.5 Å². The first-order valence-corrected chi connectivity index (χ1v) is 9.24. The smallest absolute Gasteiger partial charge is 0.343 e. The highest BCUT2D eigenvalue weighted by atomic mass is 35.5. The molecular formula is C21H20ClF3N2O3. The molecule has 0 saturated carbocycles. The van der Waals surface area contributed by atoms with Crippen LogP contribution in [-0.4, -0.2) is 42.9 Å². The second-order valence-electron chi connectivity index (χ2n) is 6.49. The van der Waals surface area contributed by atoms with Crippen molar-refractivity contribution in [2.75, 3.05) is 20.7 Å². The van der Waals surface area contributed by atoms with E-state index in [0.29, 0.717) is 11.8 Å². The van der Waals surface area contributed by atoms with Gasteiger partial charge in [-0.3, -0.25) is 4.99 Å². The SMILES string of the molecule is CCOC(=O)/C(C=Nc1ccc(CN(C)C)cc1)=C(\O)c1cc(F)c(F)c(Cl)c1F. The average molecular weight is 441 g/mol. The van der Waals surface area contributed by atoms with Crippen LogP contribution in [-0.2, 0) is 16.1 Å². The quantitative estimate of drug-likeness (QED) is 0.163. The van der Waals surface area contributed by atoms with Gasteiger partial charge in [0.25, 0.3) is 0 Å². The molecule has 160 valence electrons. The maximum absolute atomic E-state index is 14.3. The molecule has 9 heteroatoms. The number of aliphatic hydroxyl groups excluding tert-OH is 1. The molecule has 0 fully saturated rings. The third-order valence-electron chi connectivity index (χ3n) is 3.89. The zero-order valence-electron chi connectivity index (χ0n) is 16.5. The summed E-state index contributed by atoms with van der Waals surface area (Å²) in [6.45, 7) is 2.21. The summed E-state index contributed by atoms with van der Waals surface area (Å²) in [6.07, 6.45) is 0.961. The Balaban J connectivity index is 2.48. The van der Waals surface area contributed by atoms with E-state index in [0.717, 1.165) is 18.3 Å². The molecule has 0 aromatic heterocycles. The molecule has 1 N–H and O–H groups in total. The normalized spacial score (nSPS) is 12.4. The lowest BCUT2D eigenvalue weighted by Gasteiger charge is -2.10. The van der Waals surface area contributed by atoms with Crippen LogP contribution in [0.5, 0.6) is 0 Å². The van der Waals surface area contributed by atoms with Gasteiger partial charge in [-0.15, -0.1) is 0 Å². The van der Waals surface area contributed by atoms with E-state index in [9.17, 15) is 23.1 Å². The molecule has 30 heavy (non-hydrogen) atoms. The zero-order chi connectivity index (χ0) is 22.4. The number of rotatable bonds is 7. The van der Waals surface area contributed by atoms with E-state index in [2.05, 4.69) is 4.99 Å². The summed E-state index contributed by atoms with van der Waals surface area (Å²) >= 11 is 5.42. The Bertz CT molecular complexity index is 990. The Labute approximate surface area is 177 Å². The van der Waals surface area contributed by atoms with Crippen molar-refractivity contribution >= 4 is 35.2 Å². The summed E-state index contributed by atoms with van der Waals surface area (Å²) in [7, 11) is 3.85. The van der Waals surface area contributed by atoms with Gasteiger partial charge in [0.15, 0.2) is 17.5 Å². The lowest BCUT2D eigenvalue weighted by atomic mass is 10.1. The van der Waals surface area contributed by atoms with Crippen LogP contribution in [0.25, 0.3) is 5.76 Å². The number of carbonyl (C=O) groups excluding carboxylic acids is 1. The van der Waals surface area contributed by atoms with Crippen LogP contribution in [0, 0.1) is 17.5 Å². The van der Waals surface area contributed by atoms with Crippen LogP contribution in [0.4, 0.5) is 18.9 Å². The summed E-state index contributed by atoms with van der Waals surface area (Å²) in [5.74, 6) is -6.52. The molecule has 2 rings (SSSR count). The van der Waals surface area contributed by atoms with Crippen LogP contribution in [0.1, 0.15) is 18.1 Å². The second-order valence-corrected chi connectivity index (χ2v) is 6.87. The van der Waals surface area contributed by atoms with E-state index in [1.165, 1.54) is 6.92 Å². The summed E-state index contributed by atoms with van der Waals surface area (Å²) in [6, 6.07) is 7.42. The molecule has 5 nitrogen and oxygen atoms in total. The highest BCUT2D eigenvalue weighted by Crippen LogP contribution is 2.29. The Kier molecular flexibility index (Phi) is 8.02. The monoisotopic (exact) mass is 440 g/mol. The lowest BCUT2D eigenvalue weighted by molar-refractivity contribution is -0.137. The minimum absolute atomic E-state index is 0.0380. The van der Waals surface area contributed by atoms with Crippen LogP contribution < -0.4 is 0 Å². The van der Waals surface area contributed by atoms with Crippen molar-refractivity contribution in [2.24, 2.45) is 4.99 Å². The summed E-state index contributed by atoms with van der Waals surface area (Å²) in [4.78, 5) is 18.3. The first-order valence-electron chi connectivity index (χ1n) is 8.87. The Morgan fingerprint density at radius 3 is 2.40 bits per heavy atom. The van der Waals surface area contributed by atoms with E-state index in [4.69, 9.17) is 16.3 Å². The Hall–Kier alpha value is -2.84. The van der Waals surface area contributed by atoms with Crippen molar-refractivity contribution in [1.82, 2.24) is 4.90 Å². The number of esters is 1. The van der Waals surface area contributed by atoms with Crippen LogP contribution >= 0.6 is 11.6 Å². The van der Waals surface area contributed by atoms with Gasteiger partial charge in [0, 0.05) is 12.8 Å². The summed E-state index contributed by atoms with van der Waals surface area (Å²) in [5.41, 5.74) is 0.127. The first-order chi connectivity index (χ1) is 14.1. The molecule has 2 aromatic rings. The molecule has 0 atom stereocenters. The van der Waals surface area contributed by atoms with Gasteiger partial charge in [0.05, 0.1) is 17.9 Å². The maximum Gasteiger partial charge on any atom is 0.343 e. The van der Waals surface area contributed by atoms with Crippen LogP contribution in [0.3, 0.4) is 0 Å². The van der Waals surface area contributed by atoms with Crippen LogP contribution in [0.2, 0.25) is 5.02 Å². The number of aliphatic imine (C=N–C) groups is 1. The van der Waals surface area contributed by atoms with Gasteiger partial charge in [-0.1, -0.05) is 23.7 Å². The molecule has 0 spiro atoms. The highest BCUT2D eigenvalue weighted by Gasteiger charge is 2.24. The van der Waals surface area contributed by atoms with Gasteiger partial charge in [0.1, 0.15) is 16.4 Å². The molecule has 2 aromatic carbocycles. The topological polar surface area (TPSA) is 62.1 Å². The van der Waals surface area contributed by atoms with Crippen molar-refractivity contribution in [3.8, 4) is 0 Å². The van der Waals surface area contributed by atoms with E-state index < -0.39 is 45.3 Å². The highest BCUT2D eigenvalue weighted by molar-refractivity contribution is 6.31. The fourth-order valence-electron chi connectivity index (χ4n) is 2.50. The average Bonchev–Trinajstić information content (AvgIpc) is 2.70. The van der Waals surface area contributed by atoms with Crippen LogP contribution in [0.15, 0.2) is 40.9 Å². The fraction of sp³-hybridized carbons (Fsp3) is 0.238. The van der Waals surface area contributed by atoms with Gasteiger partial charge >= 0.3 is 5.97 Å². The van der Waals surface area contributed by atoms with Gasteiger partial charge in [0.2, 0.25) is 0 Å². The van der Waals surface area contributed by atoms with Gasteiger partial charge in [-0.05, 0) is 44.8 Å². The van der Waals surface area contributed by atoms with E-state index >= 15 is 0 Å². The predicted molar refractivity (Wildman–Crippen MR) is 109 cm³/mol. The van der Waals surface area contributed by atoms with Crippen molar-refractivity contribution in [3.63, 3.8) is 0 Å². The minimum Gasteiger partial charge on any atom is -0.506 e. The number of nitrogens with zero attached hydrogens (tertiary/aromatic N) is 2. The molecule has 0 unspecified atom stereocenters. The largest absolute Gasteiger partial charge is 0.506 e. The maximum atomic E-state index is 14.3. The minimum atomic E-state index is -1.60. The molecule has 0 radical (unpaired) electrons. The molecular weight excluding hydrogens is 421 g/mol. The van der Waals surface area contributed by atoms with E-state index in [1.807, 2.05) is 31.1 Å². The number of halogens is 4. The summed E-state index contributed by atoms with van der Waals surface area (Å²) < 4.78 is 46.2. The van der Waals surface area contributed by atoms with E-state index in [-0.39, 0.29) is 6.61 Å². The fourth-order valence-corrected chi connectivity index (χ4v) is 2.69. The number of benzene rings is 2. The number of ether oxygens (including phenoxy) is 1. The Morgan fingerprint density at radius 1 is 1.20 bits per heavy atom. The standard InChI is InChI=1S/C21H20ClF3N2O3/c1-4-30-21(29)15(10-26-13-7-5-12(6-8-13)11-27(2)3)20(28)14-9-16(23)19(25)17(22)18(14)24/h5-10,28H,4,11H2,1-3H3/b20-15-,26-10?. The molecule has 0 bridgehead atoms. The number of hydrogen-bond acceptors (Lipinski definition) is 5. The van der Waals surface area contributed by atoms with Crippen molar-refractivity contribution in [3.05, 3.63) is 69.5 Å². The van der Waals surface area contributed by atoms with Crippen molar-refractivity contribution < 1.29 is 27.8 Å². The zero-order valence-corrected chi connectivity index (χ0v) is 17.3. The molecule has 0 saturated heterocycles. The number of hydrogen-bond donors (Lipinski definition) is 1. The van der Waals surface area contributed by atoms with Gasteiger partial charge in [-0.2, -0.15) is 0 Å². The van der Waals surface area contributed by atoms with Gasteiger partial charge in [-0.25, -0.2) is 18.0 Å². The molecule has 0 aliphatic rings. The lowest BCUT2D eigenvalue weighted by Crippen LogP contribution is -2.12. The van der Waals surface area contributed by atoms with E-state index in [1.54, 1.807) is 12.1 Å². The summed E-state index contributed by atoms with van der Waals surface area (Å²) in [5, 5.41) is 9.27. The molecule has 0 heterocycles. The second kappa shape index (κ2) is 10.3. The number of aliphatic hydroxyl groups is 1. The van der Waals surface area contributed by atoms with Gasteiger partial charge < -0.3 is 14.7 Å². The first kappa shape index (κ1) is 23.4.